The van der Waals surface area contributed by atoms with Crippen molar-refractivity contribution in [2.75, 3.05) is 14.1 Å². The normalized spacial score (nSPS) is 15.6. The standard InChI is InChI=1S/C31H35N3O3/c1-23(32(2)3)30(24-9-5-4-6-10-24)37-29-19-15-26(16-20-29)34-22-21-33(31(34)35)25-13-17-28(18-14-25)36-27-11-7-8-12-27/h4-6,9-10,13-23,27,30H,7-8,11-12H2,1-3H3/t23-,30-/m0/s1. The predicted molar refractivity (Wildman–Crippen MR) is 147 cm³/mol. The van der Waals surface area contributed by atoms with E-state index in [1.807, 2.05) is 66.7 Å². The summed E-state index contributed by atoms with van der Waals surface area (Å²) in [6.07, 6.45) is 8.50. The van der Waals surface area contributed by atoms with Crippen molar-refractivity contribution in [1.29, 1.82) is 0 Å². The number of rotatable bonds is 9. The molecule has 5 rings (SSSR count). The first-order chi connectivity index (χ1) is 18.0. The molecule has 1 aliphatic rings. The van der Waals surface area contributed by atoms with Crippen molar-refractivity contribution >= 4 is 0 Å². The van der Waals surface area contributed by atoms with Crippen molar-refractivity contribution in [3.8, 4) is 22.9 Å². The van der Waals surface area contributed by atoms with E-state index in [0.717, 1.165) is 41.3 Å². The number of benzene rings is 3. The third kappa shape index (κ3) is 5.65. The minimum Gasteiger partial charge on any atom is -0.490 e. The van der Waals surface area contributed by atoms with Crippen molar-refractivity contribution in [3.63, 3.8) is 0 Å². The van der Waals surface area contributed by atoms with Crippen molar-refractivity contribution in [1.82, 2.24) is 14.0 Å². The van der Waals surface area contributed by atoms with E-state index in [1.165, 1.54) is 12.8 Å². The first kappa shape index (κ1) is 24.9. The van der Waals surface area contributed by atoms with Crippen molar-refractivity contribution in [2.45, 2.75) is 50.9 Å². The topological polar surface area (TPSA) is 48.6 Å². The number of ether oxygens (including phenoxy) is 2. The quantitative estimate of drug-likeness (QED) is 0.284. The van der Waals surface area contributed by atoms with Crippen LogP contribution in [0.15, 0.2) is 96.1 Å². The lowest BCUT2D eigenvalue weighted by atomic mass is 10.0. The van der Waals surface area contributed by atoms with Gasteiger partial charge >= 0.3 is 5.69 Å². The maximum atomic E-state index is 13.2. The Bertz CT molecular complexity index is 1340. The Balaban J connectivity index is 1.31. The molecule has 0 saturated heterocycles. The van der Waals surface area contributed by atoms with Crippen LogP contribution < -0.4 is 15.2 Å². The van der Waals surface area contributed by atoms with Gasteiger partial charge in [0, 0.05) is 18.4 Å². The van der Waals surface area contributed by atoms with Crippen LogP contribution in [-0.4, -0.2) is 40.3 Å². The third-order valence-electron chi connectivity index (χ3n) is 7.26. The summed E-state index contributed by atoms with van der Waals surface area (Å²) in [7, 11) is 4.11. The van der Waals surface area contributed by atoms with E-state index >= 15 is 0 Å². The second-order valence-corrected chi connectivity index (χ2v) is 9.99. The smallest absolute Gasteiger partial charge is 0.337 e. The lowest BCUT2D eigenvalue weighted by Gasteiger charge is -2.30. The Morgan fingerprint density at radius 3 is 1.86 bits per heavy atom. The first-order valence-electron chi connectivity index (χ1n) is 13.0. The van der Waals surface area contributed by atoms with Crippen LogP contribution in [0, 0.1) is 0 Å². The Labute approximate surface area is 218 Å². The Morgan fingerprint density at radius 1 is 0.784 bits per heavy atom. The summed E-state index contributed by atoms with van der Waals surface area (Å²) in [5, 5.41) is 0. The molecule has 0 N–H and O–H groups in total. The largest absolute Gasteiger partial charge is 0.490 e. The average Bonchev–Trinajstić information content (AvgIpc) is 3.58. The number of hydrogen-bond acceptors (Lipinski definition) is 4. The van der Waals surface area contributed by atoms with Crippen LogP contribution in [0.5, 0.6) is 11.5 Å². The van der Waals surface area contributed by atoms with Crippen LogP contribution in [0.4, 0.5) is 0 Å². The summed E-state index contributed by atoms with van der Waals surface area (Å²) in [5.41, 5.74) is 2.60. The summed E-state index contributed by atoms with van der Waals surface area (Å²) >= 11 is 0. The lowest BCUT2D eigenvalue weighted by molar-refractivity contribution is 0.107. The van der Waals surface area contributed by atoms with Gasteiger partial charge in [-0.2, -0.15) is 0 Å². The van der Waals surface area contributed by atoms with Gasteiger partial charge in [0.1, 0.15) is 17.6 Å². The summed E-state index contributed by atoms with van der Waals surface area (Å²) in [6.45, 7) is 2.15. The summed E-state index contributed by atoms with van der Waals surface area (Å²) in [5.74, 6) is 1.62. The van der Waals surface area contributed by atoms with Gasteiger partial charge in [-0.1, -0.05) is 30.3 Å². The predicted octanol–water partition coefficient (Wildman–Crippen LogP) is 6.02. The van der Waals surface area contributed by atoms with Gasteiger partial charge in [-0.15, -0.1) is 0 Å². The molecule has 0 spiro atoms. The van der Waals surface area contributed by atoms with Crippen LogP contribution in [0.25, 0.3) is 11.4 Å². The van der Waals surface area contributed by atoms with E-state index < -0.39 is 0 Å². The fourth-order valence-corrected chi connectivity index (χ4v) is 4.84. The van der Waals surface area contributed by atoms with Crippen molar-refractivity contribution in [2.24, 2.45) is 0 Å². The second kappa shape index (κ2) is 11.1. The summed E-state index contributed by atoms with van der Waals surface area (Å²) in [6, 6.07) is 25.9. The number of aromatic nitrogens is 2. The molecule has 192 valence electrons. The second-order valence-electron chi connectivity index (χ2n) is 9.99. The Hall–Kier alpha value is -3.77. The van der Waals surface area contributed by atoms with E-state index in [1.54, 1.807) is 21.5 Å². The lowest BCUT2D eigenvalue weighted by Crippen LogP contribution is -2.34. The first-order valence-corrected chi connectivity index (χ1v) is 13.0. The average molecular weight is 498 g/mol. The van der Waals surface area contributed by atoms with Crippen molar-refractivity contribution < 1.29 is 9.47 Å². The molecule has 0 unspecified atom stereocenters. The molecule has 3 aromatic carbocycles. The molecule has 4 aromatic rings. The van der Waals surface area contributed by atoms with Gasteiger partial charge in [-0.05, 0) is 101 Å². The minimum atomic E-state index is -0.124. The minimum absolute atomic E-state index is 0.119. The monoisotopic (exact) mass is 497 g/mol. The number of imidazole rings is 1. The molecular weight excluding hydrogens is 462 g/mol. The number of hydrogen-bond donors (Lipinski definition) is 0. The maximum Gasteiger partial charge on any atom is 0.337 e. The van der Waals surface area contributed by atoms with Gasteiger partial charge < -0.3 is 14.4 Å². The highest BCUT2D eigenvalue weighted by atomic mass is 16.5. The van der Waals surface area contributed by atoms with Crippen LogP contribution in [0.1, 0.15) is 44.3 Å². The molecule has 0 aliphatic heterocycles. The van der Waals surface area contributed by atoms with Crippen LogP contribution in [0.3, 0.4) is 0 Å². The highest BCUT2D eigenvalue weighted by molar-refractivity contribution is 5.41. The van der Waals surface area contributed by atoms with Crippen LogP contribution in [-0.2, 0) is 0 Å². The van der Waals surface area contributed by atoms with Gasteiger partial charge in [0.05, 0.1) is 17.5 Å². The Kier molecular flexibility index (Phi) is 7.47. The van der Waals surface area contributed by atoms with E-state index in [9.17, 15) is 4.79 Å². The Morgan fingerprint density at radius 2 is 1.32 bits per heavy atom. The molecule has 2 atom stereocenters. The van der Waals surface area contributed by atoms with Gasteiger partial charge in [0.2, 0.25) is 0 Å². The van der Waals surface area contributed by atoms with Gasteiger partial charge in [-0.3, -0.25) is 9.13 Å². The van der Waals surface area contributed by atoms with E-state index in [0.29, 0.717) is 6.10 Å². The summed E-state index contributed by atoms with van der Waals surface area (Å²) in [4.78, 5) is 15.4. The molecular formula is C31H35N3O3. The zero-order valence-corrected chi connectivity index (χ0v) is 21.8. The number of likely N-dealkylation sites (N-methyl/N-ethyl adjacent to an activating group) is 1. The molecule has 37 heavy (non-hydrogen) atoms. The maximum absolute atomic E-state index is 13.2. The molecule has 1 heterocycles. The molecule has 0 bridgehead atoms. The number of nitrogens with zero attached hydrogens (tertiary/aromatic N) is 3. The molecule has 6 heteroatoms. The van der Waals surface area contributed by atoms with E-state index in [4.69, 9.17) is 9.47 Å². The highest BCUT2D eigenvalue weighted by Crippen LogP contribution is 2.28. The fourth-order valence-electron chi connectivity index (χ4n) is 4.84. The molecule has 1 aromatic heterocycles. The molecule has 0 amide bonds. The molecule has 1 fully saturated rings. The SMILES string of the molecule is C[C@@H]([C@H](Oc1ccc(-n2ccn(-c3ccc(OC4CCCC4)cc3)c2=O)cc1)c1ccccc1)N(C)C. The zero-order chi connectivity index (χ0) is 25.8. The van der Waals surface area contributed by atoms with Gasteiger partial charge in [0.25, 0.3) is 0 Å². The summed E-state index contributed by atoms with van der Waals surface area (Å²) < 4.78 is 15.8. The zero-order valence-electron chi connectivity index (χ0n) is 21.8. The molecule has 0 radical (unpaired) electrons. The van der Waals surface area contributed by atoms with Crippen molar-refractivity contribution in [3.05, 3.63) is 107 Å². The van der Waals surface area contributed by atoms with Crippen LogP contribution in [0.2, 0.25) is 0 Å². The highest BCUT2D eigenvalue weighted by Gasteiger charge is 2.23. The molecule has 1 aliphatic carbocycles. The van der Waals surface area contributed by atoms with Crippen LogP contribution >= 0.6 is 0 Å². The fraction of sp³-hybridized carbons (Fsp3) is 0.323. The van der Waals surface area contributed by atoms with Gasteiger partial charge in [0.15, 0.2) is 0 Å². The third-order valence-corrected chi connectivity index (χ3v) is 7.26. The molecule has 1 saturated carbocycles. The van der Waals surface area contributed by atoms with Gasteiger partial charge in [-0.25, -0.2) is 4.79 Å². The van der Waals surface area contributed by atoms with E-state index in [-0.39, 0.29) is 17.8 Å². The molecule has 6 nitrogen and oxygen atoms in total. The van der Waals surface area contributed by atoms with E-state index in [2.05, 4.69) is 38.1 Å².